The Bertz CT molecular complexity index is 641. The molecular formula is C16H17FN2O2. The van der Waals surface area contributed by atoms with Gasteiger partial charge in [0.05, 0.1) is 7.11 Å². The first-order chi connectivity index (χ1) is 10.0. The molecule has 0 heterocycles. The highest BCUT2D eigenvalue weighted by molar-refractivity contribution is 5.84. The minimum absolute atomic E-state index is 0.365. The van der Waals surface area contributed by atoms with E-state index in [0.29, 0.717) is 22.6 Å². The second-order valence-electron chi connectivity index (χ2n) is 4.72. The van der Waals surface area contributed by atoms with E-state index < -0.39 is 11.9 Å². The molecule has 1 amide bonds. The van der Waals surface area contributed by atoms with Crippen molar-refractivity contribution < 1.29 is 13.9 Å². The third-order valence-electron chi connectivity index (χ3n) is 3.21. The predicted octanol–water partition coefficient (Wildman–Crippen LogP) is 2.78. The SMILES string of the molecule is COc1ccc(NC(C(N)=O)c2ccc(C)c(F)c2)cc1. The Labute approximate surface area is 122 Å². The van der Waals surface area contributed by atoms with Gasteiger partial charge in [0.1, 0.15) is 17.6 Å². The van der Waals surface area contributed by atoms with Crippen LogP contribution >= 0.6 is 0 Å². The van der Waals surface area contributed by atoms with Crippen LogP contribution in [-0.4, -0.2) is 13.0 Å². The van der Waals surface area contributed by atoms with Gasteiger partial charge in [0, 0.05) is 5.69 Å². The number of ether oxygens (including phenoxy) is 1. The normalized spacial score (nSPS) is 11.8. The molecule has 5 heteroatoms. The zero-order valence-electron chi connectivity index (χ0n) is 11.9. The number of nitrogens with two attached hydrogens (primary N) is 1. The summed E-state index contributed by atoms with van der Waals surface area (Å²) in [6.45, 7) is 1.66. The number of carbonyl (C=O) groups excluding carboxylic acids is 1. The number of primary amides is 1. The number of hydrogen-bond acceptors (Lipinski definition) is 3. The van der Waals surface area contributed by atoms with Gasteiger partial charge < -0.3 is 15.8 Å². The van der Waals surface area contributed by atoms with Gasteiger partial charge >= 0.3 is 0 Å². The van der Waals surface area contributed by atoms with E-state index in [-0.39, 0.29) is 5.82 Å². The summed E-state index contributed by atoms with van der Waals surface area (Å²) in [4.78, 5) is 11.6. The summed E-state index contributed by atoms with van der Waals surface area (Å²) in [6, 6.07) is 10.9. The van der Waals surface area contributed by atoms with Crippen molar-refractivity contribution in [2.45, 2.75) is 13.0 Å². The molecule has 0 spiro atoms. The van der Waals surface area contributed by atoms with Crippen molar-refractivity contribution in [1.29, 1.82) is 0 Å². The number of benzene rings is 2. The number of nitrogens with one attached hydrogen (secondary N) is 1. The lowest BCUT2D eigenvalue weighted by Gasteiger charge is -2.18. The lowest BCUT2D eigenvalue weighted by atomic mass is 10.0. The Hall–Kier alpha value is -2.56. The summed E-state index contributed by atoms with van der Waals surface area (Å²) < 4.78 is 18.7. The Balaban J connectivity index is 2.26. The van der Waals surface area contributed by atoms with Crippen molar-refractivity contribution in [3.63, 3.8) is 0 Å². The molecule has 1 atom stereocenters. The average molecular weight is 288 g/mol. The van der Waals surface area contributed by atoms with Crippen molar-refractivity contribution in [2.24, 2.45) is 5.73 Å². The maximum absolute atomic E-state index is 13.6. The molecule has 2 aromatic carbocycles. The van der Waals surface area contributed by atoms with Crippen LogP contribution < -0.4 is 15.8 Å². The maximum Gasteiger partial charge on any atom is 0.244 e. The molecule has 2 aromatic rings. The van der Waals surface area contributed by atoms with Crippen molar-refractivity contribution in [3.05, 3.63) is 59.4 Å². The summed E-state index contributed by atoms with van der Waals surface area (Å²) in [6.07, 6.45) is 0. The largest absolute Gasteiger partial charge is 0.497 e. The molecular weight excluding hydrogens is 271 g/mol. The van der Waals surface area contributed by atoms with Crippen LogP contribution in [0.15, 0.2) is 42.5 Å². The van der Waals surface area contributed by atoms with Crippen LogP contribution in [0, 0.1) is 12.7 Å². The smallest absolute Gasteiger partial charge is 0.244 e. The third-order valence-corrected chi connectivity index (χ3v) is 3.21. The molecule has 2 rings (SSSR count). The monoisotopic (exact) mass is 288 g/mol. The van der Waals surface area contributed by atoms with E-state index in [4.69, 9.17) is 10.5 Å². The first kappa shape index (κ1) is 14.8. The highest BCUT2D eigenvalue weighted by Crippen LogP contribution is 2.23. The van der Waals surface area contributed by atoms with E-state index in [2.05, 4.69) is 5.32 Å². The molecule has 0 aliphatic heterocycles. The quantitative estimate of drug-likeness (QED) is 0.889. The zero-order valence-corrected chi connectivity index (χ0v) is 11.9. The number of halogens is 1. The van der Waals surface area contributed by atoms with E-state index in [1.807, 2.05) is 0 Å². The van der Waals surface area contributed by atoms with Gasteiger partial charge in [-0.1, -0.05) is 12.1 Å². The Morgan fingerprint density at radius 1 is 1.24 bits per heavy atom. The summed E-state index contributed by atoms with van der Waals surface area (Å²) in [7, 11) is 1.57. The van der Waals surface area contributed by atoms with E-state index in [1.165, 1.54) is 6.07 Å². The van der Waals surface area contributed by atoms with Crippen LogP contribution in [0.2, 0.25) is 0 Å². The number of amides is 1. The fourth-order valence-electron chi connectivity index (χ4n) is 1.96. The van der Waals surface area contributed by atoms with E-state index in [0.717, 1.165) is 0 Å². The van der Waals surface area contributed by atoms with Crippen molar-refractivity contribution in [2.75, 3.05) is 12.4 Å². The van der Waals surface area contributed by atoms with Crippen LogP contribution in [0.3, 0.4) is 0 Å². The van der Waals surface area contributed by atoms with Crippen LogP contribution in [-0.2, 0) is 4.79 Å². The standard InChI is InChI=1S/C16H17FN2O2/c1-10-3-4-11(9-14(10)17)15(16(18)20)19-12-5-7-13(21-2)8-6-12/h3-9,15,19H,1-2H3,(H2,18,20). The number of hydrogen-bond donors (Lipinski definition) is 2. The Kier molecular flexibility index (Phi) is 4.42. The molecule has 0 aromatic heterocycles. The highest BCUT2D eigenvalue weighted by Gasteiger charge is 2.18. The molecule has 0 bridgehead atoms. The molecule has 1 unspecified atom stereocenters. The van der Waals surface area contributed by atoms with Crippen molar-refractivity contribution >= 4 is 11.6 Å². The zero-order chi connectivity index (χ0) is 15.4. The Morgan fingerprint density at radius 3 is 2.43 bits per heavy atom. The average Bonchev–Trinajstić information content (AvgIpc) is 2.48. The van der Waals surface area contributed by atoms with E-state index in [9.17, 15) is 9.18 Å². The second kappa shape index (κ2) is 6.26. The van der Waals surface area contributed by atoms with E-state index in [1.54, 1.807) is 50.4 Å². The Morgan fingerprint density at radius 2 is 1.90 bits per heavy atom. The summed E-state index contributed by atoms with van der Waals surface area (Å²) in [5.74, 6) is -0.234. The third kappa shape index (κ3) is 3.51. The first-order valence-corrected chi connectivity index (χ1v) is 6.47. The van der Waals surface area contributed by atoms with Gasteiger partial charge in [-0.25, -0.2) is 4.39 Å². The van der Waals surface area contributed by atoms with Gasteiger partial charge in [-0.05, 0) is 48.4 Å². The van der Waals surface area contributed by atoms with Gasteiger partial charge in [0.2, 0.25) is 5.91 Å². The summed E-state index contributed by atoms with van der Waals surface area (Å²) in [5, 5.41) is 3.00. The molecule has 0 saturated carbocycles. The minimum atomic E-state index is -0.798. The molecule has 0 saturated heterocycles. The van der Waals surface area contributed by atoms with Gasteiger partial charge in [-0.2, -0.15) is 0 Å². The van der Waals surface area contributed by atoms with Gasteiger partial charge in [-0.15, -0.1) is 0 Å². The van der Waals surface area contributed by atoms with Crippen molar-refractivity contribution in [1.82, 2.24) is 0 Å². The van der Waals surface area contributed by atoms with Crippen LogP contribution in [0.5, 0.6) is 5.75 Å². The van der Waals surface area contributed by atoms with Crippen LogP contribution in [0.4, 0.5) is 10.1 Å². The molecule has 0 fully saturated rings. The minimum Gasteiger partial charge on any atom is -0.497 e. The van der Waals surface area contributed by atoms with Crippen LogP contribution in [0.25, 0.3) is 0 Å². The van der Waals surface area contributed by atoms with Crippen LogP contribution in [0.1, 0.15) is 17.2 Å². The number of anilines is 1. The number of rotatable bonds is 5. The lowest BCUT2D eigenvalue weighted by molar-refractivity contribution is -0.118. The predicted molar refractivity (Wildman–Crippen MR) is 79.7 cm³/mol. The van der Waals surface area contributed by atoms with E-state index >= 15 is 0 Å². The molecule has 110 valence electrons. The summed E-state index contributed by atoms with van der Waals surface area (Å²) in [5.41, 5.74) is 7.11. The molecule has 4 nitrogen and oxygen atoms in total. The highest BCUT2D eigenvalue weighted by atomic mass is 19.1. The van der Waals surface area contributed by atoms with Gasteiger partial charge in [0.25, 0.3) is 0 Å². The molecule has 0 radical (unpaired) electrons. The van der Waals surface area contributed by atoms with Gasteiger partial charge in [-0.3, -0.25) is 4.79 Å². The fourth-order valence-corrected chi connectivity index (χ4v) is 1.96. The molecule has 0 aliphatic rings. The summed E-state index contributed by atoms with van der Waals surface area (Å²) >= 11 is 0. The first-order valence-electron chi connectivity index (χ1n) is 6.47. The number of carbonyl (C=O) groups is 1. The molecule has 21 heavy (non-hydrogen) atoms. The lowest BCUT2D eigenvalue weighted by Crippen LogP contribution is -2.27. The number of methoxy groups -OCH3 is 1. The van der Waals surface area contributed by atoms with Gasteiger partial charge in [0.15, 0.2) is 0 Å². The maximum atomic E-state index is 13.6. The topological polar surface area (TPSA) is 64.3 Å². The number of aryl methyl sites for hydroxylation is 1. The molecule has 0 aliphatic carbocycles. The second-order valence-corrected chi connectivity index (χ2v) is 4.72. The fraction of sp³-hybridized carbons (Fsp3) is 0.188. The molecule has 3 N–H and O–H groups in total. The van der Waals surface area contributed by atoms with Crippen molar-refractivity contribution in [3.8, 4) is 5.75 Å².